The Morgan fingerprint density at radius 1 is 1.00 bits per heavy atom. The van der Waals surface area contributed by atoms with Gasteiger partial charge in [-0.15, -0.1) is 0 Å². The lowest BCUT2D eigenvalue weighted by Gasteiger charge is -2.38. The van der Waals surface area contributed by atoms with Crippen molar-refractivity contribution in [2.75, 3.05) is 39.3 Å². The highest BCUT2D eigenvalue weighted by atomic mass is 35.5. The molecule has 0 spiro atoms. The molecule has 1 fully saturated rings. The van der Waals surface area contributed by atoms with Crippen LogP contribution in [0.3, 0.4) is 0 Å². The fourth-order valence-electron chi connectivity index (χ4n) is 3.44. The van der Waals surface area contributed by atoms with Gasteiger partial charge in [0.05, 0.1) is 11.6 Å². The van der Waals surface area contributed by atoms with Gasteiger partial charge >= 0.3 is 11.9 Å². The van der Waals surface area contributed by atoms with Crippen molar-refractivity contribution in [2.45, 2.75) is 22.8 Å². The van der Waals surface area contributed by atoms with Gasteiger partial charge in [0.2, 0.25) is 0 Å². The molecule has 184 valence electrons. The maximum Gasteiger partial charge on any atom is 0.328 e. The van der Waals surface area contributed by atoms with Gasteiger partial charge in [0, 0.05) is 65.7 Å². The maximum absolute atomic E-state index is 9.55. The normalized spacial score (nSPS) is 15.5. The number of piperazine rings is 1. The van der Waals surface area contributed by atoms with Crippen molar-refractivity contribution in [3.8, 4) is 0 Å². The first kappa shape index (κ1) is 28.2. The van der Waals surface area contributed by atoms with Gasteiger partial charge in [0.1, 0.15) is 0 Å². The Labute approximate surface area is 213 Å². The summed E-state index contributed by atoms with van der Waals surface area (Å²) in [5, 5.41) is 26.3. The number of halogens is 2. The third kappa shape index (κ3) is 9.29. The third-order valence-electron chi connectivity index (χ3n) is 5.22. The van der Waals surface area contributed by atoms with E-state index in [0.29, 0.717) is 12.2 Å². The zero-order valence-corrected chi connectivity index (χ0v) is 21.1. The molecule has 0 bridgehead atoms. The molecule has 1 heterocycles. The van der Waals surface area contributed by atoms with E-state index in [2.05, 4.69) is 28.9 Å². The predicted octanol–water partition coefficient (Wildman–Crippen LogP) is 4.53. The minimum absolute atomic E-state index is 0.225. The number of aliphatic hydroxyl groups is 1. The number of aliphatic hydroxyl groups excluding tert-OH is 1. The number of β-amino-alcohol motifs (C(OH)–C–C–N with tert-alkyl or cyclic N) is 1. The fraction of sp³-hybridized carbons (Fsp3) is 0.333. The van der Waals surface area contributed by atoms with E-state index in [1.807, 2.05) is 30.3 Å². The number of aliphatic carboxylic acids is 2. The molecular weight excluding hydrogens is 499 g/mol. The number of hydrogen-bond donors (Lipinski definition) is 3. The molecule has 0 radical (unpaired) electrons. The van der Waals surface area contributed by atoms with Gasteiger partial charge in [-0.25, -0.2) is 9.59 Å². The minimum atomic E-state index is -1.26. The molecule has 2 aromatic rings. The first-order chi connectivity index (χ1) is 16.2. The van der Waals surface area contributed by atoms with Crippen molar-refractivity contribution in [3.05, 3.63) is 70.2 Å². The van der Waals surface area contributed by atoms with Crippen LogP contribution < -0.4 is 0 Å². The van der Waals surface area contributed by atoms with Crippen LogP contribution in [0.15, 0.2) is 64.4 Å². The average Bonchev–Trinajstić information content (AvgIpc) is 2.81. The fourth-order valence-corrected chi connectivity index (χ4v) is 4.90. The number of carbonyl (C=O) groups is 2. The number of carboxylic acid groups (broad SMARTS) is 2. The Morgan fingerprint density at radius 3 is 2.18 bits per heavy atom. The minimum Gasteiger partial charge on any atom is -0.478 e. The molecule has 2 aromatic carbocycles. The van der Waals surface area contributed by atoms with Crippen LogP contribution in [0, 0.1) is 0 Å². The van der Waals surface area contributed by atoms with Gasteiger partial charge in [0.25, 0.3) is 0 Å². The van der Waals surface area contributed by atoms with Gasteiger partial charge in [-0.1, -0.05) is 47.1 Å². The quantitative estimate of drug-likeness (QED) is 0.431. The molecule has 1 aliphatic heterocycles. The summed E-state index contributed by atoms with van der Waals surface area (Å²) in [6.07, 6.45) is 1.12. The first-order valence-electron chi connectivity index (χ1n) is 10.6. The summed E-state index contributed by atoms with van der Waals surface area (Å²) in [6, 6.07) is 14.3. The van der Waals surface area contributed by atoms with E-state index in [1.165, 1.54) is 10.5 Å². The van der Waals surface area contributed by atoms with Gasteiger partial charge in [0.15, 0.2) is 0 Å². The molecule has 1 saturated heterocycles. The Morgan fingerprint density at radius 2 is 1.62 bits per heavy atom. The zero-order chi connectivity index (χ0) is 25.1. The Kier molecular flexibility index (Phi) is 11.9. The van der Waals surface area contributed by atoms with Crippen molar-refractivity contribution in [1.29, 1.82) is 0 Å². The number of rotatable bonds is 8. The summed E-state index contributed by atoms with van der Waals surface area (Å²) >= 11 is 14.3. The van der Waals surface area contributed by atoms with Gasteiger partial charge in [-0.3, -0.25) is 9.80 Å². The molecule has 1 unspecified atom stereocenters. The highest BCUT2D eigenvalue weighted by Gasteiger charge is 2.24. The second-order valence-corrected chi connectivity index (χ2v) is 9.43. The summed E-state index contributed by atoms with van der Waals surface area (Å²) in [4.78, 5) is 26.1. The summed E-state index contributed by atoms with van der Waals surface area (Å²) < 4.78 is 0. The van der Waals surface area contributed by atoms with Crippen LogP contribution in [0.5, 0.6) is 0 Å². The van der Waals surface area contributed by atoms with E-state index in [-0.39, 0.29) is 12.6 Å². The van der Waals surface area contributed by atoms with E-state index < -0.39 is 11.9 Å². The largest absolute Gasteiger partial charge is 0.478 e. The standard InChI is InChI=1S/C20H24Cl2N2OS.C4H4O4/c1-15(24-10-8-23(9-11-24)12-13-25)17-14-16(21)6-7-19(17)26-20-5-3-2-4-18(20)22;5-3(6)1-2-4(7)8/h2-7,14-15,25H,8-13H2,1H3;1-2H,(H,5,6)(H,7,8)/b;2-1-. The highest BCUT2D eigenvalue weighted by Crippen LogP contribution is 2.39. The monoisotopic (exact) mass is 526 g/mol. The SMILES string of the molecule is CC(c1cc(Cl)ccc1Sc1ccccc1Cl)N1CCN(CCO)CC1.O=C(O)/C=C\C(=O)O. The maximum atomic E-state index is 9.55. The molecule has 10 heteroatoms. The van der Waals surface area contributed by atoms with Crippen molar-refractivity contribution in [3.63, 3.8) is 0 Å². The van der Waals surface area contributed by atoms with Gasteiger partial charge < -0.3 is 15.3 Å². The highest BCUT2D eigenvalue weighted by molar-refractivity contribution is 7.99. The number of benzene rings is 2. The molecule has 3 rings (SSSR count). The Balaban J connectivity index is 0.000000440. The molecule has 0 saturated carbocycles. The smallest absolute Gasteiger partial charge is 0.328 e. The lowest BCUT2D eigenvalue weighted by molar-refractivity contribution is -0.134. The lowest BCUT2D eigenvalue weighted by atomic mass is 10.1. The lowest BCUT2D eigenvalue weighted by Crippen LogP contribution is -2.47. The molecule has 0 amide bonds. The van der Waals surface area contributed by atoms with Crippen molar-refractivity contribution in [1.82, 2.24) is 9.80 Å². The molecule has 0 aromatic heterocycles. The Hall–Kier alpha value is -2.07. The molecule has 34 heavy (non-hydrogen) atoms. The Bertz CT molecular complexity index is 981. The van der Waals surface area contributed by atoms with E-state index in [0.717, 1.165) is 47.7 Å². The average molecular weight is 527 g/mol. The molecule has 7 nitrogen and oxygen atoms in total. The molecule has 1 aliphatic rings. The van der Waals surface area contributed by atoms with Gasteiger partial charge in [-0.2, -0.15) is 0 Å². The molecule has 1 atom stereocenters. The van der Waals surface area contributed by atoms with Crippen molar-refractivity contribution in [2.24, 2.45) is 0 Å². The zero-order valence-electron chi connectivity index (χ0n) is 18.7. The molecular formula is C24H28Cl2N2O5S. The second-order valence-electron chi connectivity index (χ2n) is 7.50. The number of carboxylic acids is 2. The first-order valence-corrected chi connectivity index (χ1v) is 12.2. The van der Waals surface area contributed by atoms with E-state index in [4.69, 9.17) is 38.5 Å². The predicted molar refractivity (Wildman–Crippen MR) is 135 cm³/mol. The van der Waals surface area contributed by atoms with Gasteiger partial charge in [-0.05, 0) is 42.8 Å². The van der Waals surface area contributed by atoms with Crippen LogP contribution in [0.25, 0.3) is 0 Å². The summed E-state index contributed by atoms with van der Waals surface area (Å²) in [6.45, 7) is 7.17. The van der Waals surface area contributed by atoms with Crippen LogP contribution in [0.1, 0.15) is 18.5 Å². The topological polar surface area (TPSA) is 101 Å². The van der Waals surface area contributed by atoms with Crippen LogP contribution in [-0.2, 0) is 9.59 Å². The van der Waals surface area contributed by atoms with Crippen LogP contribution in [0.4, 0.5) is 0 Å². The van der Waals surface area contributed by atoms with Crippen LogP contribution >= 0.6 is 35.0 Å². The van der Waals surface area contributed by atoms with Crippen LogP contribution in [-0.4, -0.2) is 76.4 Å². The van der Waals surface area contributed by atoms with Crippen molar-refractivity contribution >= 4 is 46.9 Å². The third-order valence-corrected chi connectivity index (χ3v) is 7.06. The second kappa shape index (κ2) is 14.4. The van der Waals surface area contributed by atoms with E-state index in [1.54, 1.807) is 11.8 Å². The molecule has 3 N–H and O–H groups in total. The number of nitrogens with zero attached hydrogens (tertiary/aromatic N) is 2. The number of hydrogen-bond acceptors (Lipinski definition) is 6. The van der Waals surface area contributed by atoms with E-state index in [9.17, 15) is 9.59 Å². The summed E-state index contributed by atoms with van der Waals surface area (Å²) in [5.74, 6) is -2.51. The van der Waals surface area contributed by atoms with Crippen molar-refractivity contribution < 1.29 is 24.9 Å². The van der Waals surface area contributed by atoms with Crippen LogP contribution in [0.2, 0.25) is 10.0 Å². The summed E-state index contributed by atoms with van der Waals surface area (Å²) in [5.41, 5.74) is 1.23. The molecule has 0 aliphatic carbocycles. The summed E-state index contributed by atoms with van der Waals surface area (Å²) in [7, 11) is 0. The van der Waals surface area contributed by atoms with E-state index >= 15 is 0 Å².